The second kappa shape index (κ2) is 10.9. The van der Waals surface area contributed by atoms with Gasteiger partial charge in [0.1, 0.15) is 0 Å². The number of amides is 1. The number of guanidine groups is 1. The molecule has 0 saturated carbocycles. The number of benzene rings is 1. The number of hydrogen-bond donors (Lipinski definition) is 3. The van der Waals surface area contributed by atoms with Crippen LogP contribution in [0.1, 0.15) is 50.2 Å². The van der Waals surface area contributed by atoms with E-state index < -0.39 is 0 Å². The number of aromatic amines is 1. The van der Waals surface area contributed by atoms with Crippen molar-refractivity contribution in [1.82, 2.24) is 20.5 Å². The highest BCUT2D eigenvalue weighted by Crippen LogP contribution is 2.21. The van der Waals surface area contributed by atoms with Crippen LogP contribution in [-0.2, 0) is 11.2 Å². The van der Waals surface area contributed by atoms with Crippen molar-refractivity contribution < 1.29 is 4.79 Å². The molecule has 158 valence electrons. The molecule has 0 spiro atoms. The minimum atomic E-state index is 0.311. The quantitative estimate of drug-likeness (QED) is 0.363. The van der Waals surface area contributed by atoms with E-state index in [-0.39, 0.29) is 0 Å². The third-order valence-corrected chi connectivity index (χ3v) is 5.57. The smallest absolute Gasteiger partial charge is 0.222 e. The largest absolute Gasteiger partial charge is 0.361 e. The summed E-state index contributed by atoms with van der Waals surface area (Å²) < 4.78 is 0. The van der Waals surface area contributed by atoms with Crippen LogP contribution in [0, 0.1) is 6.92 Å². The number of fused-ring (bicyclic) bond motifs is 1. The average Bonchev–Trinajstić information content (AvgIpc) is 3.02. The summed E-state index contributed by atoms with van der Waals surface area (Å²) >= 11 is 0. The first-order chi connectivity index (χ1) is 14.2. The highest BCUT2D eigenvalue weighted by Gasteiger charge is 2.15. The second-order valence-corrected chi connectivity index (χ2v) is 7.79. The van der Waals surface area contributed by atoms with Crippen LogP contribution >= 0.6 is 0 Å². The fraction of sp³-hybridized carbons (Fsp3) is 0.565. The number of rotatable bonds is 8. The lowest BCUT2D eigenvalue weighted by molar-refractivity contribution is -0.130. The highest BCUT2D eigenvalue weighted by atomic mass is 16.2. The predicted molar refractivity (Wildman–Crippen MR) is 120 cm³/mol. The molecule has 3 rings (SSSR count). The number of carbonyl (C=O) groups is 1. The third kappa shape index (κ3) is 5.99. The zero-order valence-electron chi connectivity index (χ0n) is 17.9. The maximum atomic E-state index is 12.1. The lowest BCUT2D eigenvalue weighted by atomic mass is 10.1. The van der Waals surface area contributed by atoms with Gasteiger partial charge in [-0.3, -0.25) is 9.79 Å². The van der Waals surface area contributed by atoms with Gasteiger partial charge in [0.2, 0.25) is 5.91 Å². The van der Waals surface area contributed by atoms with Crippen LogP contribution < -0.4 is 10.6 Å². The average molecular weight is 398 g/mol. The Hall–Kier alpha value is -2.50. The maximum absolute atomic E-state index is 12.1. The molecule has 0 unspecified atom stereocenters. The number of hydrogen-bond acceptors (Lipinski definition) is 2. The first-order valence-electron chi connectivity index (χ1n) is 11.0. The minimum Gasteiger partial charge on any atom is -0.361 e. The summed E-state index contributed by atoms with van der Waals surface area (Å²) in [4.78, 5) is 22.2. The number of aliphatic imine (C=N–C) groups is 1. The molecule has 6 heteroatoms. The van der Waals surface area contributed by atoms with E-state index in [1.165, 1.54) is 28.5 Å². The molecular weight excluding hydrogens is 362 g/mol. The summed E-state index contributed by atoms with van der Waals surface area (Å²) in [5, 5.41) is 8.06. The molecule has 1 aliphatic rings. The Balaban J connectivity index is 1.46. The lowest BCUT2D eigenvalue weighted by Crippen LogP contribution is -2.38. The monoisotopic (exact) mass is 397 g/mol. The van der Waals surface area contributed by atoms with Gasteiger partial charge in [0, 0.05) is 56.2 Å². The van der Waals surface area contributed by atoms with Crippen LogP contribution in [0.2, 0.25) is 0 Å². The van der Waals surface area contributed by atoms with Crippen molar-refractivity contribution >= 4 is 22.8 Å². The van der Waals surface area contributed by atoms with Crippen molar-refractivity contribution in [2.75, 3.05) is 32.7 Å². The van der Waals surface area contributed by atoms with Crippen LogP contribution in [0.4, 0.5) is 0 Å². The van der Waals surface area contributed by atoms with Crippen LogP contribution in [-0.4, -0.2) is 54.5 Å². The molecule has 0 atom stereocenters. The van der Waals surface area contributed by atoms with Gasteiger partial charge in [0.25, 0.3) is 0 Å². The molecular formula is C23H35N5O. The molecule has 0 bridgehead atoms. The van der Waals surface area contributed by atoms with Crippen molar-refractivity contribution in [1.29, 1.82) is 0 Å². The highest BCUT2D eigenvalue weighted by molar-refractivity contribution is 5.86. The number of aromatic nitrogens is 1. The van der Waals surface area contributed by atoms with Crippen molar-refractivity contribution in [3.63, 3.8) is 0 Å². The Bertz CT molecular complexity index is 826. The normalized spacial score (nSPS) is 15.6. The van der Waals surface area contributed by atoms with Crippen LogP contribution in [0.5, 0.6) is 0 Å². The zero-order valence-corrected chi connectivity index (χ0v) is 17.9. The van der Waals surface area contributed by atoms with E-state index in [0.29, 0.717) is 12.3 Å². The van der Waals surface area contributed by atoms with Gasteiger partial charge in [0.05, 0.1) is 0 Å². The van der Waals surface area contributed by atoms with Crippen molar-refractivity contribution in [2.24, 2.45) is 4.99 Å². The lowest BCUT2D eigenvalue weighted by Gasteiger charge is -2.20. The van der Waals surface area contributed by atoms with Gasteiger partial charge >= 0.3 is 0 Å². The summed E-state index contributed by atoms with van der Waals surface area (Å²) in [5.74, 6) is 1.16. The van der Waals surface area contributed by atoms with Crippen LogP contribution in [0.3, 0.4) is 0 Å². The Morgan fingerprint density at radius 2 is 2.14 bits per heavy atom. The topological polar surface area (TPSA) is 72.5 Å². The molecule has 2 aromatic rings. The van der Waals surface area contributed by atoms with E-state index in [1.54, 1.807) is 0 Å². The van der Waals surface area contributed by atoms with E-state index in [9.17, 15) is 4.79 Å². The van der Waals surface area contributed by atoms with Gasteiger partial charge in [-0.1, -0.05) is 24.6 Å². The van der Waals surface area contributed by atoms with E-state index in [1.807, 2.05) is 4.90 Å². The van der Waals surface area contributed by atoms with Gasteiger partial charge in [-0.05, 0) is 50.7 Å². The van der Waals surface area contributed by atoms with Crippen molar-refractivity contribution in [2.45, 2.75) is 52.4 Å². The van der Waals surface area contributed by atoms with Gasteiger partial charge in [0.15, 0.2) is 5.96 Å². The molecule has 0 radical (unpaired) electrons. The molecule has 1 aromatic carbocycles. The van der Waals surface area contributed by atoms with Gasteiger partial charge in [-0.2, -0.15) is 0 Å². The van der Waals surface area contributed by atoms with Crippen LogP contribution in [0.25, 0.3) is 10.9 Å². The summed E-state index contributed by atoms with van der Waals surface area (Å²) in [6.07, 6.45) is 8.01. The molecule has 1 aromatic heterocycles. The molecule has 1 fully saturated rings. The number of H-pyrrole nitrogens is 1. The fourth-order valence-electron chi connectivity index (χ4n) is 3.96. The van der Waals surface area contributed by atoms with Gasteiger partial charge in [-0.25, -0.2) is 0 Å². The van der Waals surface area contributed by atoms with E-state index in [2.05, 4.69) is 53.9 Å². The van der Waals surface area contributed by atoms with Crippen molar-refractivity contribution in [3.05, 3.63) is 35.5 Å². The van der Waals surface area contributed by atoms with E-state index in [0.717, 1.165) is 64.4 Å². The SMILES string of the molecule is CCNC(=NCCCN1CCCCCC1=O)NCCc1c[nH]c2c(C)cccc12. The Morgan fingerprint density at radius 3 is 3.00 bits per heavy atom. The Kier molecular flexibility index (Phi) is 7.96. The Morgan fingerprint density at radius 1 is 1.24 bits per heavy atom. The molecule has 1 aliphatic heterocycles. The number of nitrogens with one attached hydrogen (secondary N) is 3. The van der Waals surface area contributed by atoms with Gasteiger partial charge < -0.3 is 20.5 Å². The third-order valence-electron chi connectivity index (χ3n) is 5.57. The summed E-state index contributed by atoms with van der Waals surface area (Å²) in [7, 11) is 0. The van der Waals surface area contributed by atoms with E-state index >= 15 is 0 Å². The fourth-order valence-corrected chi connectivity index (χ4v) is 3.96. The summed E-state index contributed by atoms with van der Waals surface area (Å²) in [6, 6.07) is 6.43. The standard InChI is InChI=1S/C23H35N5O/c1-3-24-23(25-13-8-16-28-15-6-4-5-11-21(28)29)26-14-12-19-17-27-22-18(2)9-7-10-20(19)22/h7,9-10,17,27H,3-6,8,11-16H2,1-2H3,(H2,24,25,26). The molecule has 1 saturated heterocycles. The first kappa shape index (κ1) is 21.2. The maximum Gasteiger partial charge on any atom is 0.222 e. The molecule has 29 heavy (non-hydrogen) atoms. The number of nitrogens with zero attached hydrogens (tertiary/aromatic N) is 2. The van der Waals surface area contributed by atoms with Crippen LogP contribution in [0.15, 0.2) is 29.4 Å². The summed E-state index contributed by atoms with van der Waals surface area (Å²) in [5.41, 5.74) is 3.83. The molecule has 6 nitrogen and oxygen atoms in total. The molecule has 2 heterocycles. The zero-order chi connectivity index (χ0) is 20.5. The number of aryl methyl sites for hydroxylation is 1. The predicted octanol–water partition coefficient (Wildman–Crippen LogP) is 3.37. The first-order valence-corrected chi connectivity index (χ1v) is 11.0. The van der Waals surface area contributed by atoms with Gasteiger partial charge in [-0.15, -0.1) is 0 Å². The number of para-hydroxylation sites is 1. The van der Waals surface area contributed by atoms with E-state index in [4.69, 9.17) is 4.99 Å². The van der Waals surface area contributed by atoms with Crippen molar-refractivity contribution in [3.8, 4) is 0 Å². The molecule has 0 aliphatic carbocycles. The molecule has 3 N–H and O–H groups in total. The molecule has 1 amide bonds. The second-order valence-electron chi connectivity index (χ2n) is 7.79. The summed E-state index contributed by atoms with van der Waals surface area (Å²) in [6.45, 7) is 8.33. The minimum absolute atomic E-state index is 0.311. The Labute approximate surface area is 174 Å². The number of likely N-dealkylation sites (tertiary alicyclic amines) is 1. The number of carbonyl (C=O) groups excluding carboxylic acids is 1.